The number of pyridine rings is 1. The molecule has 0 saturated heterocycles. The zero-order valence-electron chi connectivity index (χ0n) is 14.2. The van der Waals surface area contributed by atoms with Gasteiger partial charge >= 0.3 is 12.2 Å². The van der Waals surface area contributed by atoms with Crippen molar-refractivity contribution < 1.29 is 22.7 Å². The maximum absolute atomic E-state index is 13.2. The van der Waals surface area contributed by atoms with E-state index in [1.54, 1.807) is 32.9 Å². The van der Waals surface area contributed by atoms with E-state index >= 15 is 0 Å². The molecule has 0 fully saturated rings. The van der Waals surface area contributed by atoms with Crippen LogP contribution in [0.25, 0.3) is 0 Å². The van der Waals surface area contributed by atoms with Gasteiger partial charge in [0.15, 0.2) is 0 Å². The number of nitrogens with zero attached hydrogens (tertiary/aromatic N) is 1. The van der Waals surface area contributed by atoms with Crippen LogP contribution in [0.3, 0.4) is 0 Å². The second-order valence-electron chi connectivity index (χ2n) is 5.72. The number of carbonyl (C=O) groups is 1. The molecule has 2 rings (SSSR count). The summed E-state index contributed by atoms with van der Waals surface area (Å²) in [7, 11) is 0. The first-order valence-electron chi connectivity index (χ1n) is 7.65. The highest BCUT2D eigenvalue weighted by Gasteiger charge is 2.35. The van der Waals surface area contributed by atoms with Gasteiger partial charge in [0.05, 0.1) is 17.4 Å². The fourth-order valence-corrected chi connectivity index (χ4v) is 2.30. The lowest BCUT2D eigenvalue weighted by Gasteiger charge is -2.17. The minimum absolute atomic E-state index is 0.0141. The number of rotatable bonds is 4. The number of anilines is 2. The summed E-state index contributed by atoms with van der Waals surface area (Å²) in [5, 5.41) is 4.83. The smallest absolute Gasteiger partial charge is 0.420 e. The Hall–Kier alpha value is -2.29. The minimum Gasteiger partial charge on any atom is -0.490 e. The van der Waals surface area contributed by atoms with Gasteiger partial charge < -0.3 is 10.1 Å². The molecule has 1 heterocycles. The average Bonchev–Trinajstić information content (AvgIpc) is 2.51. The van der Waals surface area contributed by atoms with Crippen LogP contribution in [-0.2, 0) is 6.18 Å². The Balaban J connectivity index is 2.17. The number of urea groups is 1. The summed E-state index contributed by atoms with van der Waals surface area (Å²) in [6.07, 6.45) is -5.02. The lowest BCUT2D eigenvalue weighted by atomic mass is 10.1. The molecule has 0 aliphatic heterocycles. The number of ether oxygens (including phenoxy) is 1. The molecule has 0 bridgehead atoms. The Morgan fingerprint density at radius 2 is 1.88 bits per heavy atom. The maximum atomic E-state index is 13.2. The van der Waals surface area contributed by atoms with E-state index in [1.807, 2.05) is 0 Å². The zero-order valence-corrected chi connectivity index (χ0v) is 15.8. The van der Waals surface area contributed by atoms with E-state index in [4.69, 9.17) is 4.74 Å². The number of halogens is 4. The number of benzene rings is 1. The topological polar surface area (TPSA) is 63.2 Å². The number of hydrogen-bond donors (Lipinski definition) is 2. The summed E-state index contributed by atoms with van der Waals surface area (Å²) < 4.78 is 45.6. The van der Waals surface area contributed by atoms with Crippen LogP contribution in [0.4, 0.5) is 29.5 Å². The van der Waals surface area contributed by atoms with E-state index in [0.717, 1.165) is 10.5 Å². The number of alkyl halides is 3. The molecule has 1 aromatic heterocycles. The summed E-state index contributed by atoms with van der Waals surface area (Å²) in [5.74, 6) is -0.0114. The van der Waals surface area contributed by atoms with Gasteiger partial charge in [-0.25, -0.2) is 9.78 Å². The van der Waals surface area contributed by atoms with Crippen molar-refractivity contribution in [3.05, 3.63) is 46.1 Å². The third-order valence-corrected chi connectivity index (χ3v) is 4.01. The lowest BCUT2D eigenvalue weighted by molar-refractivity contribution is -0.139. The predicted octanol–water partition coefficient (Wildman–Crippen LogP) is 5.60. The van der Waals surface area contributed by atoms with Gasteiger partial charge in [-0.3, -0.25) is 5.32 Å². The van der Waals surface area contributed by atoms with Gasteiger partial charge in [-0.05, 0) is 67.0 Å². The first kappa shape index (κ1) is 20.0. The Morgan fingerprint density at radius 3 is 2.46 bits per heavy atom. The normalized spacial score (nSPS) is 11.4. The van der Waals surface area contributed by atoms with E-state index in [-0.39, 0.29) is 17.3 Å². The second-order valence-corrected chi connectivity index (χ2v) is 6.57. The van der Waals surface area contributed by atoms with Crippen molar-refractivity contribution in [3.63, 3.8) is 0 Å². The summed E-state index contributed by atoms with van der Waals surface area (Å²) in [6, 6.07) is 5.92. The number of amides is 2. The van der Waals surface area contributed by atoms with Crippen LogP contribution in [0, 0.1) is 6.92 Å². The number of aryl methyl sites for hydroxylation is 1. The Bertz CT molecular complexity index is 810. The van der Waals surface area contributed by atoms with Crippen molar-refractivity contribution in [2.24, 2.45) is 0 Å². The van der Waals surface area contributed by atoms with Crippen LogP contribution in [-0.4, -0.2) is 17.1 Å². The Morgan fingerprint density at radius 1 is 1.19 bits per heavy atom. The quantitative estimate of drug-likeness (QED) is 0.661. The summed E-state index contributed by atoms with van der Waals surface area (Å²) in [6.45, 7) is 5.01. The molecule has 0 unspecified atom stereocenters. The summed E-state index contributed by atoms with van der Waals surface area (Å²) >= 11 is 3.29. The van der Waals surface area contributed by atoms with Crippen molar-refractivity contribution in [2.45, 2.75) is 33.1 Å². The van der Waals surface area contributed by atoms with E-state index in [0.29, 0.717) is 5.69 Å². The van der Waals surface area contributed by atoms with Crippen LogP contribution < -0.4 is 15.4 Å². The van der Waals surface area contributed by atoms with Gasteiger partial charge in [-0.2, -0.15) is 13.2 Å². The lowest BCUT2D eigenvalue weighted by Crippen LogP contribution is -2.21. The van der Waals surface area contributed by atoms with Gasteiger partial charge in [0.25, 0.3) is 0 Å². The number of carbonyl (C=O) groups excluding carboxylic acids is 1. The predicted molar refractivity (Wildman–Crippen MR) is 96.5 cm³/mol. The van der Waals surface area contributed by atoms with Gasteiger partial charge in [-0.15, -0.1) is 0 Å². The molecule has 0 atom stereocenters. The molecule has 2 aromatic rings. The Kier molecular flexibility index (Phi) is 6.12. The van der Waals surface area contributed by atoms with E-state index < -0.39 is 23.9 Å². The third kappa shape index (κ3) is 5.35. The van der Waals surface area contributed by atoms with Gasteiger partial charge in [0.2, 0.25) is 0 Å². The molecule has 0 aliphatic rings. The average molecular weight is 432 g/mol. The molecule has 140 valence electrons. The number of nitrogens with one attached hydrogen (secondary N) is 2. The Labute approximate surface area is 157 Å². The van der Waals surface area contributed by atoms with Crippen molar-refractivity contribution in [1.82, 2.24) is 4.98 Å². The van der Waals surface area contributed by atoms with Crippen LogP contribution in [0.15, 0.2) is 34.8 Å². The molecule has 0 saturated carbocycles. The fraction of sp³-hybridized carbons (Fsp3) is 0.294. The van der Waals surface area contributed by atoms with Crippen molar-refractivity contribution in [3.8, 4) is 5.75 Å². The molecule has 2 amide bonds. The standard InChI is InChI=1S/C17H17BrF3N3O2/c1-9(2)26-14-6-4-11(8-12(14)17(19,20)21)23-16(25)24-15-7-5-13(18)10(3)22-15/h4-9H,1-3H3,(H2,22,23,24,25). The van der Waals surface area contributed by atoms with Crippen LogP contribution in [0.5, 0.6) is 5.75 Å². The fourth-order valence-electron chi connectivity index (χ4n) is 2.08. The first-order valence-corrected chi connectivity index (χ1v) is 8.44. The molecule has 26 heavy (non-hydrogen) atoms. The molecular weight excluding hydrogens is 415 g/mol. The highest BCUT2D eigenvalue weighted by atomic mass is 79.9. The summed E-state index contributed by atoms with van der Waals surface area (Å²) in [5.41, 5.74) is -0.307. The van der Waals surface area contributed by atoms with E-state index in [1.165, 1.54) is 12.1 Å². The van der Waals surface area contributed by atoms with Crippen LogP contribution >= 0.6 is 15.9 Å². The molecule has 9 heteroatoms. The monoisotopic (exact) mass is 431 g/mol. The van der Waals surface area contributed by atoms with Crippen molar-refractivity contribution in [1.29, 1.82) is 0 Å². The highest BCUT2D eigenvalue weighted by molar-refractivity contribution is 9.10. The zero-order chi connectivity index (χ0) is 19.5. The second kappa shape index (κ2) is 7.94. The van der Waals surface area contributed by atoms with E-state index in [9.17, 15) is 18.0 Å². The van der Waals surface area contributed by atoms with E-state index in [2.05, 4.69) is 31.5 Å². The minimum atomic E-state index is -4.61. The molecule has 2 N–H and O–H groups in total. The number of aromatic nitrogens is 1. The molecule has 0 aliphatic carbocycles. The molecular formula is C17H17BrF3N3O2. The van der Waals surface area contributed by atoms with Gasteiger partial charge in [-0.1, -0.05) is 0 Å². The summed E-state index contributed by atoms with van der Waals surface area (Å²) in [4.78, 5) is 16.2. The van der Waals surface area contributed by atoms with Gasteiger partial charge in [0, 0.05) is 10.2 Å². The SMILES string of the molecule is Cc1nc(NC(=O)Nc2ccc(OC(C)C)c(C(F)(F)F)c2)ccc1Br. The molecule has 5 nitrogen and oxygen atoms in total. The number of hydrogen-bond acceptors (Lipinski definition) is 3. The first-order chi connectivity index (χ1) is 12.1. The van der Waals surface area contributed by atoms with Gasteiger partial charge in [0.1, 0.15) is 11.6 Å². The van der Waals surface area contributed by atoms with Crippen LogP contribution in [0.2, 0.25) is 0 Å². The highest BCUT2D eigenvalue weighted by Crippen LogP contribution is 2.38. The molecule has 0 radical (unpaired) electrons. The largest absolute Gasteiger partial charge is 0.490 e. The molecule has 1 aromatic carbocycles. The molecule has 0 spiro atoms. The van der Waals surface area contributed by atoms with Crippen LogP contribution in [0.1, 0.15) is 25.1 Å². The van der Waals surface area contributed by atoms with Crippen molar-refractivity contribution >= 4 is 33.5 Å². The maximum Gasteiger partial charge on any atom is 0.420 e. The van der Waals surface area contributed by atoms with Crippen molar-refractivity contribution in [2.75, 3.05) is 10.6 Å². The third-order valence-electron chi connectivity index (χ3n) is 3.17.